The van der Waals surface area contributed by atoms with Crippen molar-refractivity contribution in [3.8, 4) is 0 Å². The summed E-state index contributed by atoms with van der Waals surface area (Å²) in [6.45, 7) is 5.87. The van der Waals surface area contributed by atoms with Gasteiger partial charge < -0.3 is 4.98 Å². The zero-order chi connectivity index (χ0) is 13.6. The van der Waals surface area contributed by atoms with Crippen molar-refractivity contribution in [2.45, 2.75) is 37.6 Å². The predicted octanol–water partition coefficient (Wildman–Crippen LogP) is 3.74. The fraction of sp³-hybridized carbons (Fsp3) is 0.615. The zero-order valence-corrected chi connectivity index (χ0v) is 12.3. The van der Waals surface area contributed by atoms with Crippen molar-refractivity contribution in [2.24, 2.45) is 5.92 Å². The molecule has 0 radical (unpaired) electrons. The fourth-order valence-electron chi connectivity index (χ4n) is 2.45. The Bertz CT molecular complexity index is 516. The van der Waals surface area contributed by atoms with E-state index in [4.69, 9.17) is 11.6 Å². The molecule has 2 nitrogen and oxygen atoms in total. The minimum absolute atomic E-state index is 0.163. The molecule has 1 aromatic heterocycles. The largest absolute Gasteiger partial charge is 0.327 e. The van der Waals surface area contributed by atoms with Crippen LogP contribution in [0.15, 0.2) is 17.1 Å². The summed E-state index contributed by atoms with van der Waals surface area (Å²) in [5.41, 5.74) is -1.82. The first-order chi connectivity index (χ1) is 8.24. The highest BCUT2D eigenvalue weighted by atomic mass is 35.5. The average Bonchev–Trinajstić information content (AvgIpc) is 2.27. The molecule has 18 heavy (non-hydrogen) atoms. The molecule has 0 bridgehead atoms. The maximum atomic E-state index is 15.3. The van der Waals surface area contributed by atoms with Crippen LogP contribution in [0.25, 0.3) is 0 Å². The first-order valence-corrected chi connectivity index (χ1v) is 7.32. The third-order valence-electron chi connectivity index (χ3n) is 3.50. The summed E-state index contributed by atoms with van der Waals surface area (Å²) in [6.07, 6.45) is 1.72. The summed E-state index contributed by atoms with van der Waals surface area (Å²) in [4.78, 5) is 14.4. The van der Waals surface area contributed by atoms with E-state index < -0.39 is 5.67 Å². The van der Waals surface area contributed by atoms with E-state index in [0.29, 0.717) is 17.2 Å². The van der Waals surface area contributed by atoms with Crippen LogP contribution in [-0.4, -0.2) is 15.5 Å². The summed E-state index contributed by atoms with van der Waals surface area (Å²) in [7, 11) is 0. The molecular formula is C13H17ClFNOS. The van der Waals surface area contributed by atoms with Crippen LogP contribution in [0, 0.1) is 5.92 Å². The number of aromatic amines is 1. The highest BCUT2D eigenvalue weighted by Crippen LogP contribution is 2.50. The molecule has 0 amide bonds. The van der Waals surface area contributed by atoms with Crippen LogP contribution < -0.4 is 5.56 Å². The first kappa shape index (κ1) is 13.9. The van der Waals surface area contributed by atoms with Crippen LogP contribution in [0.5, 0.6) is 0 Å². The van der Waals surface area contributed by atoms with E-state index in [1.54, 1.807) is 11.8 Å². The first-order valence-electron chi connectivity index (χ1n) is 5.96. The van der Waals surface area contributed by atoms with Crippen molar-refractivity contribution < 1.29 is 4.39 Å². The number of alkyl halides is 1. The van der Waals surface area contributed by atoms with Gasteiger partial charge in [-0.3, -0.25) is 4.79 Å². The molecule has 1 fully saturated rings. The Morgan fingerprint density at radius 1 is 1.56 bits per heavy atom. The number of hydrogen-bond acceptors (Lipinski definition) is 2. The molecule has 0 spiro atoms. The molecule has 1 saturated heterocycles. The maximum absolute atomic E-state index is 15.3. The Morgan fingerprint density at radius 3 is 2.89 bits per heavy atom. The second-order valence-electron chi connectivity index (χ2n) is 5.57. The van der Waals surface area contributed by atoms with Gasteiger partial charge in [-0.1, -0.05) is 32.4 Å². The molecule has 0 unspecified atom stereocenters. The smallest absolute Gasteiger partial charge is 0.254 e. The lowest BCUT2D eigenvalue weighted by molar-refractivity contribution is 0.0709. The van der Waals surface area contributed by atoms with Crippen molar-refractivity contribution in [1.29, 1.82) is 0 Å². The van der Waals surface area contributed by atoms with Crippen molar-refractivity contribution in [1.82, 2.24) is 4.98 Å². The Kier molecular flexibility index (Phi) is 3.54. The summed E-state index contributed by atoms with van der Waals surface area (Å²) >= 11 is 7.63. The molecule has 2 rings (SSSR count). The van der Waals surface area contributed by atoms with Gasteiger partial charge in [-0.05, 0) is 11.8 Å². The third kappa shape index (κ3) is 2.45. The van der Waals surface area contributed by atoms with Crippen LogP contribution >= 0.6 is 23.4 Å². The lowest BCUT2D eigenvalue weighted by Crippen LogP contribution is -2.44. The average molecular weight is 290 g/mol. The van der Waals surface area contributed by atoms with Gasteiger partial charge in [0, 0.05) is 23.3 Å². The number of nitrogens with one attached hydrogen (secondary N) is 1. The molecule has 1 N–H and O–H groups in total. The van der Waals surface area contributed by atoms with Gasteiger partial charge in [0.05, 0.1) is 10.6 Å². The van der Waals surface area contributed by atoms with Crippen LogP contribution in [0.1, 0.15) is 32.8 Å². The zero-order valence-electron chi connectivity index (χ0n) is 10.7. The molecule has 5 heteroatoms. The molecule has 1 aliphatic heterocycles. The molecule has 1 aliphatic rings. The predicted molar refractivity (Wildman–Crippen MR) is 75.2 cm³/mol. The SMILES string of the molecule is C[C@H]1CSC(C)(C)C[C@]1(F)c1cc(Cl)c[nH]c1=O. The standard InChI is InChI=1S/C13H17ClFNOS/c1-8-6-18-12(2,3)7-13(8,15)10-4-9(14)5-16-11(10)17/h4-5,8H,6-7H2,1-3H3,(H,16,17)/t8-,13+/m0/s1. The fourth-order valence-corrected chi connectivity index (χ4v) is 3.90. The van der Waals surface area contributed by atoms with E-state index in [2.05, 4.69) is 4.98 Å². The second kappa shape index (κ2) is 4.57. The molecule has 0 aliphatic carbocycles. The van der Waals surface area contributed by atoms with E-state index in [1.807, 2.05) is 20.8 Å². The van der Waals surface area contributed by atoms with Crippen molar-refractivity contribution in [3.05, 3.63) is 33.2 Å². The van der Waals surface area contributed by atoms with Gasteiger partial charge in [0.2, 0.25) is 0 Å². The number of aromatic nitrogens is 1. The minimum atomic E-state index is -1.60. The normalized spacial score (nSPS) is 31.3. The van der Waals surface area contributed by atoms with Gasteiger partial charge in [0.1, 0.15) is 5.67 Å². The molecule has 1 aromatic rings. The quantitative estimate of drug-likeness (QED) is 0.854. The maximum Gasteiger partial charge on any atom is 0.254 e. The molecule has 2 heterocycles. The molecule has 0 aromatic carbocycles. The third-order valence-corrected chi connectivity index (χ3v) is 5.31. The summed E-state index contributed by atoms with van der Waals surface area (Å²) in [5, 5.41) is 0.366. The number of H-pyrrole nitrogens is 1. The lowest BCUT2D eigenvalue weighted by Gasteiger charge is -2.43. The van der Waals surface area contributed by atoms with Gasteiger partial charge in [-0.15, -0.1) is 0 Å². The Morgan fingerprint density at radius 2 is 2.22 bits per heavy atom. The molecule has 2 atom stereocenters. The summed E-state index contributed by atoms with van der Waals surface area (Å²) < 4.78 is 15.2. The topological polar surface area (TPSA) is 32.9 Å². The lowest BCUT2D eigenvalue weighted by atomic mass is 9.78. The van der Waals surface area contributed by atoms with Crippen LogP contribution in [0.3, 0.4) is 0 Å². The van der Waals surface area contributed by atoms with Gasteiger partial charge in [0.25, 0.3) is 5.56 Å². The van der Waals surface area contributed by atoms with Crippen LogP contribution in [0.2, 0.25) is 5.02 Å². The van der Waals surface area contributed by atoms with Crippen molar-refractivity contribution in [2.75, 3.05) is 5.75 Å². The summed E-state index contributed by atoms with van der Waals surface area (Å²) in [6, 6.07) is 1.46. The highest BCUT2D eigenvalue weighted by molar-refractivity contribution is 8.00. The Balaban J connectivity index is 2.51. The van der Waals surface area contributed by atoms with Gasteiger partial charge in [-0.2, -0.15) is 11.8 Å². The van der Waals surface area contributed by atoms with Crippen molar-refractivity contribution in [3.63, 3.8) is 0 Å². The van der Waals surface area contributed by atoms with E-state index in [9.17, 15) is 4.79 Å². The number of pyridine rings is 1. The van der Waals surface area contributed by atoms with E-state index >= 15 is 4.39 Å². The van der Waals surface area contributed by atoms with E-state index in [-0.39, 0.29) is 21.8 Å². The van der Waals surface area contributed by atoms with Gasteiger partial charge in [-0.25, -0.2) is 4.39 Å². The van der Waals surface area contributed by atoms with Crippen LogP contribution in [-0.2, 0) is 5.67 Å². The second-order valence-corrected chi connectivity index (χ2v) is 7.74. The Labute approximate surface area is 115 Å². The molecular weight excluding hydrogens is 273 g/mol. The number of halogens is 2. The molecule has 0 saturated carbocycles. The highest BCUT2D eigenvalue weighted by Gasteiger charge is 2.48. The monoisotopic (exact) mass is 289 g/mol. The molecule has 100 valence electrons. The number of thioether (sulfide) groups is 1. The Hall–Kier alpha value is -0.480. The van der Waals surface area contributed by atoms with Crippen LogP contribution in [0.4, 0.5) is 4.39 Å². The van der Waals surface area contributed by atoms with E-state index in [0.717, 1.165) is 0 Å². The number of hydrogen-bond donors (Lipinski definition) is 1. The van der Waals surface area contributed by atoms with Gasteiger partial charge in [0.15, 0.2) is 0 Å². The van der Waals surface area contributed by atoms with Gasteiger partial charge >= 0.3 is 0 Å². The number of rotatable bonds is 1. The minimum Gasteiger partial charge on any atom is -0.327 e. The summed E-state index contributed by atoms with van der Waals surface area (Å²) in [5.74, 6) is 0.505. The van der Waals surface area contributed by atoms with Crippen molar-refractivity contribution >= 4 is 23.4 Å². The van der Waals surface area contributed by atoms with E-state index in [1.165, 1.54) is 12.3 Å².